The lowest BCUT2D eigenvalue weighted by Crippen LogP contribution is -2.32. The van der Waals surface area contributed by atoms with Gasteiger partial charge in [-0.15, -0.1) is 0 Å². The number of halogens is 1. The maximum absolute atomic E-state index is 12.3. The monoisotopic (exact) mass is 297 g/mol. The number of nitriles is 1. The number of nitrogens with zero attached hydrogens (tertiary/aromatic N) is 1. The van der Waals surface area contributed by atoms with Gasteiger partial charge in [-0.05, 0) is 29.8 Å². The molecule has 0 bridgehead atoms. The zero-order valence-corrected chi connectivity index (χ0v) is 11.8. The van der Waals surface area contributed by atoms with Gasteiger partial charge in [0.2, 0.25) is 5.91 Å². The van der Waals surface area contributed by atoms with Crippen molar-refractivity contribution >= 4 is 28.9 Å². The van der Waals surface area contributed by atoms with Crippen molar-refractivity contribution in [3.63, 3.8) is 0 Å². The zero-order valence-electron chi connectivity index (χ0n) is 11.1. The van der Waals surface area contributed by atoms with Crippen LogP contribution in [0.3, 0.4) is 0 Å². The second-order valence-electron chi connectivity index (χ2n) is 4.85. The minimum absolute atomic E-state index is 0.119. The van der Waals surface area contributed by atoms with Crippen molar-refractivity contribution < 1.29 is 4.79 Å². The highest BCUT2D eigenvalue weighted by Gasteiger charge is 2.26. The third kappa shape index (κ3) is 2.69. The topological polar surface area (TPSA) is 64.9 Å². The molecule has 1 heterocycles. The predicted octanol–water partition coefficient (Wildman–Crippen LogP) is 3.19. The number of para-hydroxylation sites is 1. The molecular formula is C16H12ClN3O. The summed E-state index contributed by atoms with van der Waals surface area (Å²) in [6.45, 7) is 0. The van der Waals surface area contributed by atoms with E-state index in [9.17, 15) is 4.79 Å². The fraction of sp³-hybridized carbons (Fsp3) is 0.125. The van der Waals surface area contributed by atoms with E-state index in [0.717, 1.165) is 11.3 Å². The summed E-state index contributed by atoms with van der Waals surface area (Å²) < 4.78 is 0. The lowest BCUT2D eigenvalue weighted by atomic mass is 10.1. The van der Waals surface area contributed by atoms with Crippen LogP contribution < -0.4 is 10.6 Å². The number of nitrogens with one attached hydrogen (secondary N) is 2. The molecular weight excluding hydrogens is 286 g/mol. The number of rotatable bonds is 2. The minimum Gasteiger partial charge on any atom is -0.373 e. The fourth-order valence-electron chi connectivity index (χ4n) is 2.37. The number of hydrogen-bond donors (Lipinski definition) is 2. The van der Waals surface area contributed by atoms with E-state index >= 15 is 0 Å². The van der Waals surface area contributed by atoms with E-state index in [4.69, 9.17) is 16.9 Å². The van der Waals surface area contributed by atoms with E-state index < -0.39 is 0 Å². The molecule has 2 aromatic rings. The molecule has 0 radical (unpaired) electrons. The van der Waals surface area contributed by atoms with E-state index in [-0.39, 0.29) is 11.9 Å². The summed E-state index contributed by atoms with van der Waals surface area (Å²) in [4.78, 5) is 12.3. The van der Waals surface area contributed by atoms with Crippen molar-refractivity contribution in [3.05, 3.63) is 58.6 Å². The highest BCUT2D eigenvalue weighted by atomic mass is 35.5. The lowest BCUT2D eigenvalue weighted by Gasteiger charge is -2.12. The van der Waals surface area contributed by atoms with Crippen molar-refractivity contribution in [3.8, 4) is 6.07 Å². The summed E-state index contributed by atoms with van der Waals surface area (Å²) in [7, 11) is 0. The Balaban J connectivity index is 1.71. The summed E-state index contributed by atoms with van der Waals surface area (Å²) in [5.74, 6) is -0.119. The zero-order chi connectivity index (χ0) is 14.8. The quantitative estimate of drug-likeness (QED) is 0.894. The second-order valence-corrected chi connectivity index (χ2v) is 5.26. The van der Waals surface area contributed by atoms with Crippen LogP contribution in [0, 0.1) is 11.3 Å². The third-order valence-corrected chi connectivity index (χ3v) is 3.76. The Bertz CT molecular complexity index is 726. The van der Waals surface area contributed by atoms with Crippen LogP contribution in [0.4, 0.5) is 11.4 Å². The van der Waals surface area contributed by atoms with Crippen LogP contribution in [0.2, 0.25) is 5.02 Å². The van der Waals surface area contributed by atoms with Crippen molar-refractivity contribution in [1.29, 1.82) is 5.26 Å². The molecule has 0 aromatic heterocycles. The van der Waals surface area contributed by atoms with Crippen molar-refractivity contribution in [2.24, 2.45) is 0 Å². The summed E-state index contributed by atoms with van der Waals surface area (Å²) in [5.41, 5.74) is 3.11. The summed E-state index contributed by atoms with van der Waals surface area (Å²) in [6, 6.07) is 14.4. The largest absolute Gasteiger partial charge is 0.373 e. The molecule has 4 nitrogen and oxygen atoms in total. The molecule has 1 amide bonds. The average molecular weight is 298 g/mol. The maximum Gasteiger partial charge on any atom is 0.247 e. The standard InChI is InChI=1S/C16H12ClN3O/c17-13-8-12(6-5-11(13)9-18)19-16(21)15-7-10-3-1-2-4-14(10)20-15/h1-6,8,15,20H,7H2,(H,19,21)/t15-/m0/s1. The molecule has 21 heavy (non-hydrogen) atoms. The summed E-state index contributed by atoms with van der Waals surface area (Å²) in [6.07, 6.45) is 0.659. The lowest BCUT2D eigenvalue weighted by molar-refractivity contribution is -0.116. The van der Waals surface area contributed by atoms with Crippen LogP contribution in [0.15, 0.2) is 42.5 Å². The molecule has 5 heteroatoms. The van der Waals surface area contributed by atoms with E-state index in [1.807, 2.05) is 30.3 Å². The van der Waals surface area contributed by atoms with Crippen LogP contribution >= 0.6 is 11.6 Å². The Labute approximate surface area is 127 Å². The summed E-state index contributed by atoms with van der Waals surface area (Å²) in [5, 5.41) is 15.2. The number of carbonyl (C=O) groups excluding carboxylic acids is 1. The molecule has 0 spiro atoms. The van der Waals surface area contributed by atoms with Crippen LogP contribution in [0.5, 0.6) is 0 Å². The Morgan fingerprint density at radius 3 is 2.86 bits per heavy atom. The number of benzene rings is 2. The first-order chi connectivity index (χ1) is 10.2. The molecule has 0 saturated heterocycles. The van der Waals surface area contributed by atoms with Gasteiger partial charge in [-0.2, -0.15) is 5.26 Å². The van der Waals surface area contributed by atoms with Crippen molar-refractivity contribution in [1.82, 2.24) is 0 Å². The number of carbonyl (C=O) groups is 1. The highest BCUT2D eigenvalue weighted by Crippen LogP contribution is 2.26. The van der Waals surface area contributed by atoms with E-state index in [2.05, 4.69) is 10.6 Å². The van der Waals surface area contributed by atoms with Gasteiger partial charge in [0.15, 0.2) is 0 Å². The average Bonchev–Trinajstić information content (AvgIpc) is 2.91. The fourth-order valence-corrected chi connectivity index (χ4v) is 2.59. The first-order valence-electron chi connectivity index (χ1n) is 6.52. The van der Waals surface area contributed by atoms with Crippen LogP contribution in [0.1, 0.15) is 11.1 Å². The molecule has 0 saturated carbocycles. The molecule has 0 aliphatic carbocycles. The Kier molecular flexibility index (Phi) is 3.51. The summed E-state index contributed by atoms with van der Waals surface area (Å²) >= 11 is 5.96. The van der Waals surface area contributed by atoms with Crippen LogP contribution in [-0.2, 0) is 11.2 Å². The second kappa shape index (κ2) is 5.47. The van der Waals surface area contributed by atoms with E-state index in [1.165, 1.54) is 0 Å². The molecule has 1 atom stereocenters. The number of fused-ring (bicyclic) bond motifs is 1. The number of anilines is 2. The SMILES string of the molecule is N#Cc1ccc(NC(=O)[C@@H]2Cc3ccccc3N2)cc1Cl. The molecule has 0 unspecified atom stereocenters. The number of amides is 1. The molecule has 2 aromatic carbocycles. The normalized spacial score (nSPS) is 15.7. The van der Waals surface area contributed by atoms with Gasteiger partial charge in [0, 0.05) is 17.8 Å². The smallest absolute Gasteiger partial charge is 0.247 e. The Morgan fingerprint density at radius 1 is 1.33 bits per heavy atom. The van der Waals surface area contributed by atoms with Gasteiger partial charge in [-0.25, -0.2) is 0 Å². The molecule has 0 fully saturated rings. The minimum atomic E-state index is -0.295. The van der Waals surface area contributed by atoms with Gasteiger partial charge < -0.3 is 10.6 Å². The van der Waals surface area contributed by atoms with E-state index in [0.29, 0.717) is 22.7 Å². The van der Waals surface area contributed by atoms with Gasteiger partial charge in [0.05, 0.1) is 10.6 Å². The molecule has 2 N–H and O–H groups in total. The first kappa shape index (κ1) is 13.5. The highest BCUT2D eigenvalue weighted by molar-refractivity contribution is 6.32. The Morgan fingerprint density at radius 2 is 2.14 bits per heavy atom. The van der Waals surface area contributed by atoms with Gasteiger partial charge in [0.25, 0.3) is 0 Å². The van der Waals surface area contributed by atoms with Crippen LogP contribution in [-0.4, -0.2) is 11.9 Å². The molecule has 1 aliphatic rings. The predicted molar refractivity (Wildman–Crippen MR) is 82.4 cm³/mol. The number of hydrogen-bond acceptors (Lipinski definition) is 3. The van der Waals surface area contributed by atoms with Gasteiger partial charge in [-0.3, -0.25) is 4.79 Å². The first-order valence-corrected chi connectivity index (χ1v) is 6.90. The van der Waals surface area contributed by atoms with Gasteiger partial charge >= 0.3 is 0 Å². The molecule has 104 valence electrons. The van der Waals surface area contributed by atoms with Crippen molar-refractivity contribution in [2.75, 3.05) is 10.6 Å². The Hall–Kier alpha value is -2.51. The van der Waals surface area contributed by atoms with Gasteiger partial charge in [0.1, 0.15) is 12.1 Å². The van der Waals surface area contributed by atoms with Gasteiger partial charge in [-0.1, -0.05) is 29.8 Å². The van der Waals surface area contributed by atoms with Crippen molar-refractivity contribution in [2.45, 2.75) is 12.5 Å². The van der Waals surface area contributed by atoms with E-state index in [1.54, 1.807) is 18.2 Å². The molecule has 3 rings (SSSR count). The van der Waals surface area contributed by atoms with Crippen LogP contribution in [0.25, 0.3) is 0 Å². The maximum atomic E-state index is 12.3. The molecule has 1 aliphatic heterocycles. The third-order valence-electron chi connectivity index (χ3n) is 3.44.